The van der Waals surface area contributed by atoms with E-state index in [-0.39, 0.29) is 34.3 Å². The fourth-order valence-corrected chi connectivity index (χ4v) is 5.10. The fourth-order valence-electron chi connectivity index (χ4n) is 5.10. The van der Waals surface area contributed by atoms with Crippen LogP contribution in [0.3, 0.4) is 0 Å². The number of nitrogens with zero attached hydrogens (tertiary/aromatic N) is 1. The number of hydrogen-bond donors (Lipinski definition) is 1. The molecule has 1 aliphatic heterocycles. The molecular formula is C26H32N2O3. The molecule has 0 saturated carbocycles. The minimum absolute atomic E-state index is 0.00889. The summed E-state index contributed by atoms with van der Waals surface area (Å²) in [4.78, 5) is 43.6. The van der Waals surface area contributed by atoms with E-state index in [1.165, 1.54) is 5.56 Å². The molecule has 1 N–H and O–H groups in total. The molecule has 2 heterocycles. The average molecular weight is 421 g/mol. The smallest absolute Gasteiger partial charge is 0.261 e. The van der Waals surface area contributed by atoms with Gasteiger partial charge in [-0.15, -0.1) is 0 Å². The van der Waals surface area contributed by atoms with Crippen LogP contribution >= 0.6 is 0 Å². The largest absolute Gasteiger partial charge is 0.335 e. The number of benzene rings is 1. The molecule has 31 heavy (non-hydrogen) atoms. The number of piperidine rings is 1. The first-order chi connectivity index (χ1) is 14.8. The first kappa shape index (κ1) is 21.5. The van der Waals surface area contributed by atoms with E-state index in [0.29, 0.717) is 30.6 Å². The maximum absolute atomic E-state index is 13.4. The van der Waals surface area contributed by atoms with E-state index >= 15 is 0 Å². The number of nitrogens with one attached hydrogen (secondary N) is 1. The van der Waals surface area contributed by atoms with Crippen molar-refractivity contribution in [3.8, 4) is 0 Å². The van der Waals surface area contributed by atoms with E-state index in [2.05, 4.69) is 29.2 Å². The highest BCUT2D eigenvalue weighted by Gasteiger charge is 2.34. The lowest BCUT2D eigenvalue weighted by atomic mass is 9.75. The summed E-state index contributed by atoms with van der Waals surface area (Å²) in [6, 6.07) is 12.1. The summed E-state index contributed by atoms with van der Waals surface area (Å²) in [5, 5.41) is 0. The quantitative estimate of drug-likeness (QED) is 0.772. The van der Waals surface area contributed by atoms with Crippen LogP contribution < -0.4 is 5.56 Å². The van der Waals surface area contributed by atoms with E-state index in [1.807, 2.05) is 24.8 Å². The Kier molecular flexibility index (Phi) is 6.12. The first-order valence-corrected chi connectivity index (χ1v) is 11.5. The molecule has 0 bridgehead atoms. The lowest BCUT2D eigenvalue weighted by molar-refractivity contribution is 0.0597. The van der Waals surface area contributed by atoms with Gasteiger partial charge in [-0.05, 0) is 62.0 Å². The van der Waals surface area contributed by atoms with Crippen molar-refractivity contribution in [1.82, 2.24) is 9.88 Å². The number of ketones is 1. The molecule has 5 nitrogen and oxygen atoms in total. The van der Waals surface area contributed by atoms with Gasteiger partial charge < -0.3 is 9.88 Å². The molecule has 2 aliphatic rings. The molecule has 1 amide bonds. The zero-order chi connectivity index (χ0) is 22.0. The molecule has 1 atom stereocenters. The van der Waals surface area contributed by atoms with Crippen molar-refractivity contribution in [1.29, 1.82) is 0 Å². The van der Waals surface area contributed by atoms with E-state index < -0.39 is 0 Å². The van der Waals surface area contributed by atoms with E-state index in [9.17, 15) is 14.4 Å². The number of rotatable bonds is 5. The average Bonchev–Trinajstić information content (AvgIpc) is 2.73. The second-order valence-corrected chi connectivity index (χ2v) is 9.87. The van der Waals surface area contributed by atoms with Gasteiger partial charge in [0.05, 0.1) is 0 Å². The predicted molar refractivity (Wildman–Crippen MR) is 122 cm³/mol. The molecule has 5 heteroatoms. The van der Waals surface area contributed by atoms with Crippen LogP contribution in [0.2, 0.25) is 0 Å². The van der Waals surface area contributed by atoms with Gasteiger partial charge in [0.1, 0.15) is 5.56 Å². The van der Waals surface area contributed by atoms with Crippen molar-refractivity contribution in [3.63, 3.8) is 0 Å². The van der Waals surface area contributed by atoms with E-state index in [4.69, 9.17) is 0 Å². The van der Waals surface area contributed by atoms with Crippen LogP contribution in [0, 0.1) is 5.41 Å². The van der Waals surface area contributed by atoms with Crippen LogP contribution in [-0.2, 0) is 12.8 Å². The number of pyridine rings is 1. The molecular weight excluding hydrogens is 388 g/mol. The Hall–Kier alpha value is -2.69. The monoisotopic (exact) mass is 420 g/mol. The summed E-state index contributed by atoms with van der Waals surface area (Å²) in [5.74, 6) is -0.222. The van der Waals surface area contributed by atoms with Crippen LogP contribution in [0.4, 0.5) is 0 Å². The Morgan fingerprint density at radius 2 is 1.90 bits per heavy atom. The summed E-state index contributed by atoms with van der Waals surface area (Å²) >= 11 is 0. The van der Waals surface area contributed by atoms with Gasteiger partial charge in [0.25, 0.3) is 11.5 Å². The second-order valence-electron chi connectivity index (χ2n) is 9.87. The summed E-state index contributed by atoms with van der Waals surface area (Å²) in [7, 11) is 0. The number of aromatic nitrogens is 1. The van der Waals surface area contributed by atoms with Gasteiger partial charge in [0.15, 0.2) is 5.78 Å². The molecule has 2 aromatic rings. The molecule has 0 radical (unpaired) electrons. The molecule has 1 fully saturated rings. The third-order valence-corrected chi connectivity index (χ3v) is 6.68. The molecule has 164 valence electrons. The van der Waals surface area contributed by atoms with Crippen LogP contribution in [-0.4, -0.2) is 34.2 Å². The predicted octanol–water partition coefficient (Wildman–Crippen LogP) is 4.55. The van der Waals surface area contributed by atoms with Crippen molar-refractivity contribution < 1.29 is 9.59 Å². The molecule has 1 aromatic carbocycles. The summed E-state index contributed by atoms with van der Waals surface area (Å²) in [5.41, 5.74) is 2.06. The number of H-pyrrole nitrogens is 1. The summed E-state index contributed by atoms with van der Waals surface area (Å²) < 4.78 is 0. The van der Waals surface area contributed by atoms with Crippen LogP contribution in [0.15, 0.2) is 41.2 Å². The third kappa shape index (κ3) is 4.81. The minimum atomic E-state index is -0.372. The summed E-state index contributed by atoms with van der Waals surface area (Å²) in [6.45, 7) is 4.73. The zero-order valence-corrected chi connectivity index (χ0v) is 18.6. The van der Waals surface area contributed by atoms with Gasteiger partial charge in [0.2, 0.25) is 0 Å². The number of fused-ring (bicyclic) bond motifs is 1. The highest BCUT2D eigenvalue weighted by molar-refractivity contribution is 6.02. The first-order valence-electron chi connectivity index (χ1n) is 11.5. The number of carbonyl (C=O) groups excluding carboxylic acids is 2. The number of hydrogen-bond acceptors (Lipinski definition) is 3. The van der Waals surface area contributed by atoms with E-state index in [0.717, 1.165) is 38.5 Å². The number of aryl methyl sites for hydroxylation is 1. The highest BCUT2D eigenvalue weighted by atomic mass is 16.2. The van der Waals surface area contributed by atoms with Gasteiger partial charge in [0, 0.05) is 30.3 Å². The number of aromatic amines is 1. The Morgan fingerprint density at radius 1 is 1.13 bits per heavy atom. The third-order valence-electron chi connectivity index (χ3n) is 6.68. The number of amides is 1. The van der Waals surface area contributed by atoms with Crippen LogP contribution in [0.25, 0.3) is 0 Å². The Balaban J connectivity index is 1.51. The van der Waals surface area contributed by atoms with Crippen molar-refractivity contribution >= 4 is 11.7 Å². The standard InChI is InChI=1S/C26H32N2O3/c1-26(2)16-22-20(23(29)17-26)15-21(24(30)27-22)25(31)28-14-7-6-12-19(28)13-8-11-18-9-4-3-5-10-18/h3-5,9-10,15,19H,6-8,11-14,16-17H2,1-2H3,(H,27,30). The molecule has 1 aromatic heterocycles. The zero-order valence-electron chi connectivity index (χ0n) is 18.6. The van der Waals surface area contributed by atoms with Crippen molar-refractivity contribution in [2.24, 2.45) is 5.41 Å². The maximum Gasteiger partial charge on any atom is 0.261 e. The topological polar surface area (TPSA) is 70.2 Å². The Bertz CT molecular complexity index is 1020. The summed E-state index contributed by atoms with van der Waals surface area (Å²) in [6.07, 6.45) is 7.03. The maximum atomic E-state index is 13.4. The van der Waals surface area contributed by atoms with Gasteiger partial charge in [-0.1, -0.05) is 44.2 Å². The number of Topliss-reactive ketones (excluding diaryl/α,β-unsaturated/α-hetero) is 1. The SMILES string of the molecule is CC1(C)CC(=O)c2cc(C(=O)N3CCCCC3CCCc3ccccc3)c(=O)[nH]c2C1. The van der Waals surface area contributed by atoms with Gasteiger partial charge in [-0.3, -0.25) is 14.4 Å². The van der Waals surface area contributed by atoms with E-state index in [1.54, 1.807) is 6.07 Å². The Morgan fingerprint density at radius 3 is 2.68 bits per heavy atom. The second kappa shape index (κ2) is 8.81. The lowest BCUT2D eigenvalue weighted by Crippen LogP contribution is -2.45. The van der Waals surface area contributed by atoms with Crippen LogP contribution in [0.1, 0.15) is 84.3 Å². The van der Waals surface area contributed by atoms with Gasteiger partial charge in [-0.2, -0.15) is 0 Å². The van der Waals surface area contributed by atoms with Gasteiger partial charge in [-0.25, -0.2) is 0 Å². The lowest BCUT2D eigenvalue weighted by Gasteiger charge is -2.36. The molecule has 1 saturated heterocycles. The highest BCUT2D eigenvalue weighted by Crippen LogP contribution is 2.33. The number of likely N-dealkylation sites (tertiary alicyclic amines) is 1. The van der Waals surface area contributed by atoms with Crippen molar-refractivity contribution in [2.75, 3.05) is 6.54 Å². The minimum Gasteiger partial charge on any atom is -0.335 e. The van der Waals surface area contributed by atoms with Gasteiger partial charge >= 0.3 is 0 Å². The van der Waals surface area contributed by atoms with Crippen LogP contribution in [0.5, 0.6) is 0 Å². The van der Waals surface area contributed by atoms with Crippen molar-refractivity contribution in [3.05, 3.63) is 69.1 Å². The normalized spacial score (nSPS) is 20.4. The molecule has 1 unspecified atom stereocenters. The number of carbonyl (C=O) groups is 2. The fraction of sp³-hybridized carbons (Fsp3) is 0.500. The molecule has 0 spiro atoms. The molecule has 1 aliphatic carbocycles. The van der Waals surface area contributed by atoms with Crippen molar-refractivity contribution in [2.45, 2.75) is 71.3 Å². The Labute approximate surface area is 183 Å². The molecule has 4 rings (SSSR count).